The van der Waals surface area contributed by atoms with Crippen LogP contribution < -0.4 is 0 Å². The quantitative estimate of drug-likeness (QED) is 0.839. The fourth-order valence-corrected chi connectivity index (χ4v) is 2.07. The predicted molar refractivity (Wildman–Crippen MR) is 71.1 cm³/mol. The molecular formula is C14H12ClNO2. The zero-order valence-electron chi connectivity index (χ0n) is 10.1. The Morgan fingerprint density at radius 2 is 2.00 bits per heavy atom. The van der Waals surface area contributed by atoms with E-state index in [9.17, 15) is 4.79 Å². The van der Waals surface area contributed by atoms with E-state index in [0.29, 0.717) is 0 Å². The summed E-state index contributed by atoms with van der Waals surface area (Å²) in [6.45, 7) is 4.00. The number of aromatic carboxylic acids is 1. The number of nitrogens with zero attached hydrogens (tertiary/aromatic N) is 1. The highest BCUT2D eigenvalue weighted by atomic mass is 35.5. The van der Waals surface area contributed by atoms with Gasteiger partial charge in [-0.1, -0.05) is 35.4 Å². The van der Waals surface area contributed by atoms with E-state index in [1.807, 2.05) is 32.0 Å². The summed E-state index contributed by atoms with van der Waals surface area (Å²) in [5, 5.41) is 9.04. The number of carbonyl (C=O) groups is 1. The van der Waals surface area contributed by atoms with Crippen LogP contribution in [0.15, 0.2) is 30.5 Å². The third kappa shape index (κ3) is 2.36. The second-order valence-corrected chi connectivity index (χ2v) is 4.54. The molecule has 0 spiro atoms. The van der Waals surface area contributed by atoms with Crippen molar-refractivity contribution in [1.82, 2.24) is 4.98 Å². The molecule has 0 fully saturated rings. The molecular weight excluding hydrogens is 250 g/mol. The number of hydrogen-bond donors (Lipinski definition) is 1. The monoisotopic (exact) mass is 261 g/mol. The number of benzene rings is 1. The molecule has 0 aliphatic carbocycles. The molecule has 1 aromatic heterocycles. The molecule has 1 heterocycles. The predicted octanol–water partition coefficient (Wildman–Crippen LogP) is 3.72. The SMILES string of the molecule is Cc1ccc(-c2cnc(Cl)c(C(=O)O)c2)c(C)c1. The third-order valence-corrected chi connectivity index (χ3v) is 3.06. The summed E-state index contributed by atoms with van der Waals surface area (Å²) in [6.07, 6.45) is 1.59. The Kier molecular flexibility index (Phi) is 3.34. The Morgan fingerprint density at radius 3 is 2.61 bits per heavy atom. The standard InChI is InChI=1S/C14H12ClNO2/c1-8-3-4-11(9(2)5-8)10-6-12(14(17)18)13(15)16-7-10/h3-7H,1-2H3,(H,17,18). The van der Waals surface area contributed by atoms with Crippen LogP contribution in [-0.2, 0) is 0 Å². The normalized spacial score (nSPS) is 10.4. The highest BCUT2D eigenvalue weighted by molar-refractivity contribution is 6.32. The van der Waals surface area contributed by atoms with Crippen LogP contribution in [0.3, 0.4) is 0 Å². The van der Waals surface area contributed by atoms with Crippen molar-refractivity contribution in [2.24, 2.45) is 0 Å². The first-order valence-corrected chi connectivity index (χ1v) is 5.83. The van der Waals surface area contributed by atoms with Crippen LogP contribution in [0, 0.1) is 13.8 Å². The fraction of sp³-hybridized carbons (Fsp3) is 0.143. The van der Waals surface area contributed by atoms with Gasteiger partial charge in [0.2, 0.25) is 0 Å². The number of rotatable bonds is 2. The first-order chi connectivity index (χ1) is 8.49. The van der Waals surface area contributed by atoms with Crippen LogP contribution in [0.2, 0.25) is 5.15 Å². The molecule has 2 aromatic rings. The number of aryl methyl sites for hydroxylation is 2. The summed E-state index contributed by atoms with van der Waals surface area (Å²) in [5.41, 5.74) is 3.99. The molecule has 4 heteroatoms. The van der Waals surface area contributed by atoms with Gasteiger partial charge in [0.1, 0.15) is 5.15 Å². The van der Waals surface area contributed by atoms with Crippen LogP contribution in [0.1, 0.15) is 21.5 Å². The third-order valence-electron chi connectivity index (χ3n) is 2.76. The van der Waals surface area contributed by atoms with E-state index in [2.05, 4.69) is 4.98 Å². The van der Waals surface area contributed by atoms with Gasteiger partial charge >= 0.3 is 5.97 Å². The Labute approximate surface area is 110 Å². The Morgan fingerprint density at radius 1 is 1.28 bits per heavy atom. The van der Waals surface area contributed by atoms with E-state index in [0.717, 1.165) is 22.3 Å². The van der Waals surface area contributed by atoms with Crippen molar-refractivity contribution in [3.63, 3.8) is 0 Å². The molecule has 0 radical (unpaired) electrons. The second kappa shape index (κ2) is 4.78. The summed E-state index contributed by atoms with van der Waals surface area (Å²) in [4.78, 5) is 14.9. The lowest BCUT2D eigenvalue weighted by atomic mass is 9.99. The Hall–Kier alpha value is -1.87. The van der Waals surface area contributed by atoms with Crippen molar-refractivity contribution in [2.45, 2.75) is 13.8 Å². The van der Waals surface area contributed by atoms with E-state index in [4.69, 9.17) is 16.7 Å². The minimum absolute atomic E-state index is 0.0102. The van der Waals surface area contributed by atoms with E-state index < -0.39 is 5.97 Å². The van der Waals surface area contributed by atoms with Crippen molar-refractivity contribution >= 4 is 17.6 Å². The van der Waals surface area contributed by atoms with Gasteiger partial charge in [0.15, 0.2) is 0 Å². The second-order valence-electron chi connectivity index (χ2n) is 4.19. The summed E-state index contributed by atoms with van der Waals surface area (Å²) < 4.78 is 0. The zero-order valence-corrected chi connectivity index (χ0v) is 10.8. The van der Waals surface area contributed by atoms with Crippen molar-refractivity contribution in [2.75, 3.05) is 0 Å². The van der Waals surface area contributed by atoms with Gasteiger partial charge < -0.3 is 5.11 Å². The van der Waals surface area contributed by atoms with Gasteiger partial charge in [0.05, 0.1) is 5.56 Å². The van der Waals surface area contributed by atoms with Crippen LogP contribution >= 0.6 is 11.6 Å². The van der Waals surface area contributed by atoms with E-state index >= 15 is 0 Å². The highest BCUT2D eigenvalue weighted by Crippen LogP contribution is 2.26. The largest absolute Gasteiger partial charge is 0.478 e. The molecule has 0 aliphatic heterocycles. The lowest BCUT2D eigenvalue weighted by Gasteiger charge is -2.08. The van der Waals surface area contributed by atoms with Gasteiger partial charge in [-0.05, 0) is 31.0 Å². The lowest BCUT2D eigenvalue weighted by molar-refractivity contribution is 0.0696. The topological polar surface area (TPSA) is 50.2 Å². The molecule has 0 bridgehead atoms. The molecule has 0 saturated heterocycles. The van der Waals surface area contributed by atoms with Gasteiger partial charge in [-0.2, -0.15) is 0 Å². The van der Waals surface area contributed by atoms with Gasteiger partial charge in [-0.3, -0.25) is 0 Å². The molecule has 0 amide bonds. The molecule has 0 saturated carbocycles. The van der Waals surface area contributed by atoms with Gasteiger partial charge in [-0.15, -0.1) is 0 Å². The first kappa shape index (κ1) is 12.6. The van der Waals surface area contributed by atoms with Crippen molar-refractivity contribution < 1.29 is 9.90 Å². The van der Waals surface area contributed by atoms with Crippen LogP contribution in [0.5, 0.6) is 0 Å². The average Bonchev–Trinajstić information content (AvgIpc) is 2.30. The maximum Gasteiger partial charge on any atom is 0.338 e. The molecule has 0 atom stereocenters. The summed E-state index contributed by atoms with van der Waals surface area (Å²) >= 11 is 5.75. The highest BCUT2D eigenvalue weighted by Gasteiger charge is 2.12. The molecule has 18 heavy (non-hydrogen) atoms. The van der Waals surface area contributed by atoms with E-state index in [1.165, 1.54) is 0 Å². The average molecular weight is 262 g/mol. The van der Waals surface area contributed by atoms with E-state index in [1.54, 1.807) is 12.3 Å². The van der Waals surface area contributed by atoms with Crippen molar-refractivity contribution in [1.29, 1.82) is 0 Å². The molecule has 3 nitrogen and oxygen atoms in total. The number of pyridine rings is 1. The molecule has 0 aliphatic rings. The lowest BCUT2D eigenvalue weighted by Crippen LogP contribution is -2.00. The molecule has 92 valence electrons. The van der Waals surface area contributed by atoms with Crippen LogP contribution in [-0.4, -0.2) is 16.1 Å². The molecule has 0 unspecified atom stereocenters. The van der Waals surface area contributed by atoms with Crippen LogP contribution in [0.4, 0.5) is 0 Å². The number of hydrogen-bond acceptors (Lipinski definition) is 2. The Bertz CT molecular complexity index is 623. The maximum absolute atomic E-state index is 11.0. The van der Waals surface area contributed by atoms with Gasteiger partial charge in [0, 0.05) is 11.8 Å². The minimum atomic E-state index is -1.07. The number of carboxylic acid groups (broad SMARTS) is 1. The first-order valence-electron chi connectivity index (χ1n) is 5.45. The fourth-order valence-electron chi connectivity index (χ4n) is 1.88. The summed E-state index contributed by atoms with van der Waals surface area (Å²) in [7, 11) is 0. The number of aromatic nitrogens is 1. The number of carboxylic acids is 1. The van der Waals surface area contributed by atoms with Gasteiger partial charge in [-0.25, -0.2) is 9.78 Å². The maximum atomic E-state index is 11.0. The minimum Gasteiger partial charge on any atom is -0.478 e. The molecule has 1 N–H and O–H groups in total. The Balaban J connectivity index is 2.58. The van der Waals surface area contributed by atoms with Gasteiger partial charge in [0.25, 0.3) is 0 Å². The van der Waals surface area contributed by atoms with Crippen molar-refractivity contribution in [3.8, 4) is 11.1 Å². The molecule has 2 rings (SSSR count). The summed E-state index contributed by atoms with van der Waals surface area (Å²) in [6, 6.07) is 7.54. The van der Waals surface area contributed by atoms with Crippen LogP contribution in [0.25, 0.3) is 11.1 Å². The molecule has 1 aromatic carbocycles. The smallest absolute Gasteiger partial charge is 0.338 e. The summed E-state index contributed by atoms with van der Waals surface area (Å²) in [5.74, 6) is -1.07. The van der Waals surface area contributed by atoms with Crippen molar-refractivity contribution in [3.05, 3.63) is 52.3 Å². The zero-order chi connectivity index (χ0) is 13.3. The van der Waals surface area contributed by atoms with E-state index in [-0.39, 0.29) is 10.7 Å². The number of halogens is 1.